The van der Waals surface area contributed by atoms with Crippen LogP contribution in [0.15, 0.2) is 16.8 Å². The van der Waals surface area contributed by atoms with Crippen molar-refractivity contribution < 1.29 is 14.1 Å². The van der Waals surface area contributed by atoms with Crippen LogP contribution < -0.4 is 5.32 Å². The molecule has 0 spiro atoms. The third-order valence-corrected chi connectivity index (χ3v) is 4.98. The van der Waals surface area contributed by atoms with E-state index in [1.807, 2.05) is 27.0 Å². The van der Waals surface area contributed by atoms with Crippen LogP contribution in [0, 0.1) is 19.8 Å². The van der Waals surface area contributed by atoms with Gasteiger partial charge < -0.3 is 14.7 Å². The molecule has 1 saturated heterocycles. The number of hydrogen-bond acceptors (Lipinski definition) is 5. The molecule has 1 N–H and O–H groups in total. The normalized spacial score (nSPS) is 20.8. The molecule has 8 nitrogen and oxygen atoms in total. The fourth-order valence-electron chi connectivity index (χ4n) is 3.45. The van der Waals surface area contributed by atoms with E-state index in [9.17, 15) is 9.59 Å². The molecule has 1 aliphatic rings. The molecule has 0 bridgehead atoms. The highest BCUT2D eigenvalue weighted by molar-refractivity contribution is 5.84. The summed E-state index contributed by atoms with van der Waals surface area (Å²) in [4.78, 5) is 26.7. The molecule has 3 rings (SSSR count). The Balaban J connectivity index is 1.79. The number of likely N-dealkylation sites (tertiary alicyclic amines) is 1. The molecule has 0 unspecified atom stereocenters. The minimum absolute atomic E-state index is 0.0426. The lowest BCUT2D eigenvalue weighted by atomic mass is 9.86. The number of hydrogen-bond donors (Lipinski definition) is 1. The average molecular weight is 345 g/mol. The number of carbonyl (C=O) groups is 2. The minimum Gasteiger partial charge on any atom is -0.361 e. The predicted octanol–water partition coefficient (Wildman–Crippen LogP) is 1.25. The summed E-state index contributed by atoms with van der Waals surface area (Å²) in [6.45, 7) is 4.04. The monoisotopic (exact) mass is 345 g/mol. The number of nitrogens with one attached hydrogen (secondary N) is 1. The van der Waals surface area contributed by atoms with Gasteiger partial charge in [0.1, 0.15) is 5.76 Å². The number of amides is 2. The molecule has 8 heteroatoms. The fourth-order valence-corrected chi connectivity index (χ4v) is 3.45. The van der Waals surface area contributed by atoms with Crippen molar-refractivity contribution in [3.8, 4) is 0 Å². The standard InChI is InChI=1S/C17H23N5O3/c1-10-13(11(2)25-20-10)9-18-17(24)12-5-6-15(23)21(3)16(12)14-7-8-19-22(14)4/h7-8,12,16H,5-6,9H2,1-4H3,(H,18,24)/t12-,16-/m0/s1. The van der Waals surface area contributed by atoms with Crippen LogP contribution in [-0.2, 0) is 23.2 Å². The van der Waals surface area contributed by atoms with Gasteiger partial charge in [-0.2, -0.15) is 5.10 Å². The van der Waals surface area contributed by atoms with E-state index in [1.54, 1.807) is 22.8 Å². The third kappa shape index (κ3) is 3.16. The van der Waals surface area contributed by atoms with Crippen molar-refractivity contribution >= 4 is 11.8 Å². The lowest BCUT2D eigenvalue weighted by Crippen LogP contribution is -2.46. The Labute approximate surface area is 146 Å². The van der Waals surface area contributed by atoms with E-state index in [0.717, 1.165) is 17.0 Å². The van der Waals surface area contributed by atoms with Gasteiger partial charge in [-0.15, -0.1) is 0 Å². The molecule has 0 radical (unpaired) electrons. The van der Waals surface area contributed by atoms with E-state index in [1.165, 1.54) is 0 Å². The van der Waals surface area contributed by atoms with E-state index in [4.69, 9.17) is 4.52 Å². The second-order valence-electron chi connectivity index (χ2n) is 6.49. The number of rotatable bonds is 4. The van der Waals surface area contributed by atoms with E-state index in [-0.39, 0.29) is 23.8 Å². The number of aromatic nitrogens is 3. The Morgan fingerprint density at radius 2 is 2.16 bits per heavy atom. The van der Waals surface area contributed by atoms with Gasteiger partial charge in [-0.3, -0.25) is 14.3 Å². The molecular formula is C17H23N5O3. The van der Waals surface area contributed by atoms with Crippen LogP contribution >= 0.6 is 0 Å². The fraction of sp³-hybridized carbons (Fsp3) is 0.529. The Kier molecular flexibility index (Phi) is 4.61. The first-order valence-electron chi connectivity index (χ1n) is 8.33. The van der Waals surface area contributed by atoms with E-state index in [2.05, 4.69) is 15.6 Å². The molecule has 25 heavy (non-hydrogen) atoms. The van der Waals surface area contributed by atoms with Crippen molar-refractivity contribution in [2.45, 2.75) is 39.3 Å². The summed E-state index contributed by atoms with van der Waals surface area (Å²) in [7, 11) is 3.56. The molecule has 2 amide bonds. The van der Waals surface area contributed by atoms with Crippen molar-refractivity contribution in [3.63, 3.8) is 0 Å². The van der Waals surface area contributed by atoms with Crippen LogP contribution in [0.5, 0.6) is 0 Å². The maximum atomic E-state index is 12.9. The zero-order valence-corrected chi connectivity index (χ0v) is 14.9. The molecule has 0 aliphatic carbocycles. The Bertz CT molecular complexity index is 775. The van der Waals surface area contributed by atoms with Crippen LogP contribution in [-0.4, -0.2) is 38.7 Å². The Morgan fingerprint density at radius 3 is 2.76 bits per heavy atom. The molecule has 2 aromatic rings. The van der Waals surface area contributed by atoms with Gasteiger partial charge >= 0.3 is 0 Å². The summed E-state index contributed by atoms with van der Waals surface area (Å²) in [5.74, 6) is 0.349. The molecule has 1 aliphatic heterocycles. The van der Waals surface area contributed by atoms with E-state index in [0.29, 0.717) is 25.1 Å². The summed E-state index contributed by atoms with van der Waals surface area (Å²) in [5, 5.41) is 11.1. The lowest BCUT2D eigenvalue weighted by molar-refractivity contribution is -0.142. The summed E-state index contributed by atoms with van der Waals surface area (Å²) in [6.07, 6.45) is 2.57. The van der Waals surface area contributed by atoms with Crippen molar-refractivity contribution in [1.29, 1.82) is 0 Å². The minimum atomic E-state index is -0.321. The highest BCUT2D eigenvalue weighted by Gasteiger charge is 2.40. The van der Waals surface area contributed by atoms with Crippen molar-refractivity contribution in [2.75, 3.05) is 7.05 Å². The van der Waals surface area contributed by atoms with Crippen LogP contribution in [0.1, 0.15) is 41.6 Å². The molecule has 3 heterocycles. The molecule has 2 aromatic heterocycles. The van der Waals surface area contributed by atoms with Gasteiger partial charge in [0, 0.05) is 38.8 Å². The van der Waals surface area contributed by atoms with Crippen LogP contribution in [0.2, 0.25) is 0 Å². The van der Waals surface area contributed by atoms with Crippen molar-refractivity contribution in [3.05, 3.63) is 35.0 Å². The number of piperidine rings is 1. The maximum Gasteiger partial charge on any atom is 0.225 e. The highest BCUT2D eigenvalue weighted by atomic mass is 16.5. The predicted molar refractivity (Wildman–Crippen MR) is 89.3 cm³/mol. The summed E-state index contributed by atoms with van der Waals surface area (Å²) >= 11 is 0. The van der Waals surface area contributed by atoms with Crippen molar-refractivity contribution in [1.82, 2.24) is 25.2 Å². The largest absolute Gasteiger partial charge is 0.361 e. The maximum absolute atomic E-state index is 12.9. The quantitative estimate of drug-likeness (QED) is 0.900. The zero-order valence-electron chi connectivity index (χ0n) is 14.9. The lowest BCUT2D eigenvalue weighted by Gasteiger charge is -2.38. The first kappa shape index (κ1) is 17.2. The first-order valence-corrected chi connectivity index (χ1v) is 8.33. The molecule has 0 aromatic carbocycles. The summed E-state index contributed by atoms with van der Waals surface area (Å²) in [6, 6.07) is 1.53. The van der Waals surface area contributed by atoms with Gasteiger partial charge in [-0.25, -0.2) is 0 Å². The highest BCUT2D eigenvalue weighted by Crippen LogP contribution is 2.35. The topological polar surface area (TPSA) is 93.3 Å². The van der Waals surface area contributed by atoms with Gasteiger partial charge in [0.25, 0.3) is 0 Å². The third-order valence-electron chi connectivity index (χ3n) is 4.98. The second-order valence-corrected chi connectivity index (χ2v) is 6.49. The van der Waals surface area contributed by atoms with Crippen LogP contribution in [0.3, 0.4) is 0 Å². The van der Waals surface area contributed by atoms with Gasteiger partial charge in [-0.1, -0.05) is 5.16 Å². The first-order chi connectivity index (χ1) is 11.9. The zero-order chi connectivity index (χ0) is 18.1. The SMILES string of the molecule is Cc1noc(C)c1CNC(=O)[C@H]1CCC(=O)N(C)[C@@H]1c1ccnn1C. The van der Waals surface area contributed by atoms with Crippen molar-refractivity contribution in [2.24, 2.45) is 13.0 Å². The van der Waals surface area contributed by atoms with Gasteiger partial charge in [0.05, 0.1) is 23.3 Å². The number of aryl methyl sites for hydroxylation is 3. The van der Waals surface area contributed by atoms with E-state index >= 15 is 0 Å². The number of nitrogens with zero attached hydrogens (tertiary/aromatic N) is 4. The smallest absolute Gasteiger partial charge is 0.225 e. The molecule has 134 valence electrons. The summed E-state index contributed by atoms with van der Waals surface area (Å²) < 4.78 is 6.85. The van der Waals surface area contributed by atoms with Crippen LogP contribution in [0.4, 0.5) is 0 Å². The Morgan fingerprint density at radius 1 is 1.40 bits per heavy atom. The Hall–Kier alpha value is -2.64. The van der Waals surface area contributed by atoms with E-state index < -0.39 is 0 Å². The molecule has 2 atom stereocenters. The van der Waals surface area contributed by atoms with Gasteiger partial charge in [0.2, 0.25) is 11.8 Å². The number of carbonyl (C=O) groups excluding carboxylic acids is 2. The molecule has 1 fully saturated rings. The average Bonchev–Trinajstić information content (AvgIpc) is 3.14. The molecule has 0 saturated carbocycles. The van der Waals surface area contributed by atoms with Gasteiger partial charge in [0.15, 0.2) is 0 Å². The summed E-state index contributed by atoms with van der Waals surface area (Å²) in [5.41, 5.74) is 2.52. The van der Waals surface area contributed by atoms with Gasteiger partial charge in [-0.05, 0) is 26.3 Å². The van der Waals surface area contributed by atoms with Crippen LogP contribution in [0.25, 0.3) is 0 Å². The second kappa shape index (κ2) is 6.70. The molecular weight excluding hydrogens is 322 g/mol.